The van der Waals surface area contributed by atoms with Crippen LogP contribution in [0, 0.1) is 16.3 Å². The molecular formula is C11H9FIN3O. The first-order valence-electron chi connectivity index (χ1n) is 4.77. The second-order valence-electron chi connectivity index (χ2n) is 3.53. The van der Waals surface area contributed by atoms with E-state index in [9.17, 15) is 9.50 Å². The predicted molar refractivity (Wildman–Crippen MR) is 71.0 cm³/mol. The topological polar surface area (TPSA) is 72.0 Å². The van der Waals surface area contributed by atoms with Crippen LogP contribution in [0.3, 0.4) is 0 Å². The second-order valence-corrected chi connectivity index (χ2v) is 4.61. The summed E-state index contributed by atoms with van der Waals surface area (Å²) in [6, 6.07) is 3.66. The van der Waals surface area contributed by atoms with Gasteiger partial charge < -0.3 is 10.8 Å². The lowest BCUT2D eigenvalue weighted by Gasteiger charge is -2.06. The Morgan fingerprint density at radius 1 is 1.29 bits per heavy atom. The van der Waals surface area contributed by atoms with Crippen LogP contribution in [-0.2, 0) is 0 Å². The molecule has 0 unspecified atom stereocenters. The SMILES string of the molecule is Cc1nc(-c2cc(O)cc(F)c2)nc(N)c1I. The number of aromatic nitrogens is 2. The molecule has 2 rings (SSSR count). The molecule has 0 radical (unpaired) electrons. The molecule has 0 saturated carbocycles. The second kappa shape index (κ2) is 4.44. The molecule has 0 atom stereocenters. The van der Waals surface area contributed by atoms with E-state index in [-0.39, 0.29) is 5.75 Å². The van der Waals surface area contributed by atoms with Crippen molar-refractivity contribution < 1.29 is 9.50 Å². The van der Waals surface area contributed by atoms with Gasteiger partial charge in [-0.15, -0.1) is 0 Å². The van der Waals surface area contributed by atoms with Gasteiger partial charge >= 0.3 is 0 Å². The minimum atomic E-state index is -0.543. The molecule has 1 aromatic heterocycles. The summed E-state index contributed by atoms with van der Waals surface area (Å²) in [6.07, 6.45) is 0. The summed E-state index contributed by atoms with van der Waals surface area (Å²) in [6.45, 7) is 1.79. The quantitative estimate of drug-likeness (QED) is 0.779. The molecule has 1 heterocycles. The first-order chi connectivity index (χ1) is 7.97. The number of hydrogen-bond acceptors (Lipinski definition) is 4. The number of nitrogens with two attached hydrogens (primary N) is 1. The fourth-order valence-corrected chi connectivity index (χ4v) is 1.66. The lowest BCUT2D eigenvalue weighted by atomic mass is 10.2. The lowest BCUT2D eigenvalue weighted by Crippen LogP contribution is -2.02. The molecule has 2 aromatic rings. The maximum atomic E-state index is 13.1. The maximum Gasteiger partial charge on any atom is 0.162 e. The zero-order valence-corrected chi connectivity index (χ0v) is 11.1. The molecule has 17 heavy (non-hydrogen) atoms. The summed E-state index contributed by atoms with van der Waals surface area (Å²) in [5, 5.41) is 9.32. The smallest absolute Gasteiger partial charge is 0.162 e. The van der Waals surface area contributed by atoms with Gasteiger partial charge in [0.1, 0.15) is 17.4 Å². The molecule has 0 spiro atoms. The van der Waals surface area contributed by atoms with Crippen LogP contribution in [0.4, 0.5) is 10.2 Å². The number of anilines is 1. The van der Waals surface area contributed by atoms with E-state index in [4.69, 9.17) is 5.73 Å². The van der Waals surface area contributed by atoms with E-state index in [2.05, 4.69) is 9.97 Å². The van der Waals surface area contributed by atoms with Crippen molar-refractivity contribution in [3.05, 3.63) is 33.3 Å². The first kappa shape index (κ1) is 12.0. The van der Waals surface area contributed by atoms with Crippen LogP contribution in [-0.4, -0.2) is 15.1 Å². The van der Waals surface area contributed by atoms with E-state index in [0.29, 0.717) is 17.2 Å². The first-order valence-corrected chi connectivity index (χ1v) is 5.85. The van der Waals surface area contributed by atoms with Crippen LogP contribution in [0.25, 0.3) is 11.4 Å². The Bertz CT molecular complexity index is 546. The number of aryl methyl sites for hydroxylation is 1. The fraction of sp³-hybridized carbons (Fsp3) is 0.0909. The third-order valence-corrected chi connectivity index (χ3v) is 3.52. The Hall–Kier alpha value is -1.44. The average molecular weight is 345 g/mol. The van der Waals surface area contributed by atoms with Crippen LogP contribution in [0.2, 0.25) is 0 Å². The summed E-state index contributed by atoms with van der Waals surface area (Å²) in [4.78, 5) is 8.28. The molecule has 0 fully saturated rings. The van der Waals surface area contributed by atoms with E-state index in [0.717, 1.165) is 15.3 Å². The Balaban J connectivity index is 2.60. The molecule has 0 aliphatic heterocycles. The van der Waals surface area contributed by atoms with Gasteiger partial charge in [0, 0.05) is 11.6 Å². The minimum Gasteiger partial charge on any atom is -0.508 e. The molecule has 4 nitrogen and oxygen atoms in total. The highest BCUT2D eigenvalue weighted by molar-refractivity contribution is 14.1. The van der Waals surface area contributed by atoms with Gasteiger partial charge in [0.15, 0.2) is 5.82 Å². The van der Waals surface area contributed by atoms with E-state index >= 15 is 0 Å². The largest absolute Gasteiger partial charge is 0.508 e. The number of aromatic hydroxyl groups is 1. The van der Waals surface area contributed by atoms with Crippen molar-refractivity contribution in [2.45, 2.75) is 6.92 Å². The standard InChI is InChI=1S/C11H9FIN3O/c1-5-9(13)10(14)16-11(15-5)6-2-7(12)4-8(17)3-6/h2-4,17H,1H3,(H2,14,15,16). The molecule has 3 N–H and O–H groups in total. The molecule has 0 aliphatic carbocycles. The Morgan fingerprint density at radius 2 is 2.00 bits per heavy atom. The number of hydrogen-bond donors (Lipinski definition) is 2. The van der Waals surface area contributed by atoms with Crippen molar-refractivity contribution in [1.29, 1.82) is 0 Å². The lowest BCUT2D eigenvalue weighted by molar-refractivity contribution is 0.469. The minimum absolute atomic E-state index is 0.168. The molecule has 0 aliphatic rings. The Labute approximate surface area is 111 Å². The number of phenolic OH excluding ortho intramolecular Hbond substituents is 1. The van der Waals surface area contributed by atoms with Gasteiger partial charge in [0.25, 0.3) is 0 Å². The summed E-state index contributed by atoms with van der Waals surface area (Å²) >= 11 is 2.04. The van der Waals surface area contributed by atoms with Gasteiger partial charge in [-0.25, -0.2) is 14.4 Å². The number of nitrogens with zero attached hydrogens (tertiary/aromatic N) is 2. The van der Waals surface area contributed by atoms with Gasteiger partial charge in [0.05, 0.1) is 9.26 Å². The third-order valence-electron chi connectivity index (χ3n) is 2.18. The van der Waals surface area contributed by atoms with E-state index < -0.39 is 5.82 Å². The highest BCUT2D eigenvalue weighted by atomic mass is 127. The summed E-state index contributed by atoms with van der Waals surface area (Å²) in [5.74, 6) is -0.0659. The number of nitrogen functional groups attached to an aromatic ring is 1. The van der Waals surface area contributed by atoms with Crippen molar-refractivity contribution in [3.8, 4) is 17.1 Å². The third kappa shape index (κ3) is 2.46. The summed E-state index contributed by atoms with van der Waals surface area (Å²) < 4.78 is 13.9. The van der Waals surface area contributed by atoms with Crippen LogP contribution < -0.4 is 5.73 Å². The number of rotatable bonds is 1. The van der Waals surface area contributed by atoms with Crippen LogP contribution in [0.1, 0.15) is 5.69 Å². The Morgan fingerprint density at radius 3 is 2.59 bits per heavy atom. The van der Waals surface area contributed by atoms with E-state index in [1.54, 1.807) is 6.92 Å². The molecule has 1 aromatic carbocycles. The highest BCUT2D eigenvalue weighted by Crippen LogP contribution is 2.25. The monoisotopic (exact) mass is 345 g/mol. The van der Waals surface area contributed by atoms with Gasteiger partial charge in [-0.05, 0) is 41.6 Å². The summed E-state index contributed by atoms with van der Waals surface area (Å²) in [5.41, 5.74) is 6.84. The molecule has 0 bridgehead atoms. The molecule has 6 heteroatoms. The molecule has 0 saturated heterocycles. The number of phenols is 1. The van der Waals surface area contributed by atoms with Crippen molar-refractivity contribution in [3.63, 3.8) is 0 Å². The normalized spacial score (nSPS) is 10.5. The zero-order chi connectivity index (χ0) is 12.6. The van der Waals surface area contributed by atoms with Crippen molar-refractivity contribution in [2.24, 2.45) is 0 Å². The van der Waals surface area contributed by atoms with Crippen LogP contribution in [0.5, 0.6) is 5.75 Å². The van der Waals surface area contributed by atoms with Crippen LogP contribution in [0.15, 0.2) is 18.2 Å². The van der Waals surface area contributed by atoms with Crippen molar-refractivity contribution in [1.82, 2.24) is 9.97 Å². The van der Waals surface area contributed by atoms with Crippen molar-refractivity contribution >= 4 is 28.4 Å². The predicted octanol–water partition coefficient (Wildman–Crippen LogP) is 2.48. The Kier molecular flexibility index (Phi) is 3.14. The van der Waals surface area contributed by atoms with Gasteiger partial charge in [0.2, 0.25) is 0 Å². The van der Waals surface area contributed by atoms with Gasteiger partial charge in [-0.2, -0.15) is 0 Å². The number of benzene rings is 1. The fourth-order valence-electron chi connectivity index (χ4n) is 1.41. The van der Waals surface area contributed by atoms with Crippen molar-refractivity contribution in [2.75, 3.05) is 5.73 Å². The average Bonchev–Trinajstić information content (AvgIpc) is 2.23. The van der Waals surface area contributed by atoms with Crippen LogP contribution >= 0.6 is 22.6 Å². The zero-order valence-electron chi connectivity index (χ0n) is 8.91. The summed E-state index contributed by atoms with van der Waals surface area (Å²) in [7, 11) is 0. The van der Waals surface area contributed by atoms with E-state index in [1.165, 1.54) is 12.1 Å². The maximum absolute atomic E-state index is 13.1. The molecule has 88 valence electrons. The highest BCUT2D eigenvalue weighted by Gasteiger charge is 2.10. The molecule has 0 amide bonds. The number of halogens is 2. The van der Waals surface area contributed by atoms with E-state index in [1.807, 2.05) is 22.6 Å². The molecular weight excluding hydrogens is 336 g/mol. The van der Waals surface area contributed by atoms with Gasteiger partial charge in [-0.3, -0.25) is 0 Å². The van der Waals surface area contributed by atoms with Gasteiger partial charge in [-0.1, -0.05) is 0 Å².